The van der Waals surface area contributed by atoms with E-state index in [4.69, 9.17) is 16.3 Å². The molecule has 1 amide bonds. The molecule has 0 saturated heterocycles. The number of hydrogen-bond donors (Lipinski definition) is 0. The van der Waals surface area contributed by atoms with Gasteiger partial charge in [-0.25, -0.2) is 0 Å². The number of nitrogens with zero attached hydrogens (tertiary/aromatic N) is 1. The van der Waals surface area contributed by atoms with E-state index in [1.807, 2.05) is 0 Å². The van der Waals surface area contributed by atoms with Crippen LogP contribution in [0.25, 0.3) is 0 Å². The van der Waals surface area contributed by atoms with E-state index in [0.29, 0.717) is 15.1 Å². The van der Waals surface area contributed by atoms with Crippen LogP contribution >= 0.6 is 27.5 Å². The highest BCUT2D eigenvalue weighted by atomic mass is 79.9. The van der Waals surface area contributed by atoms with Gasteiger partial charge in [0.25, 0.3) is 5.91 Å². The molecule has 0 N–H and O–H groups in total. The Kier molecular flexibility index (Phi) is 6.75. The van der Waals surface area contributed by atoms with Gasteiger partial charge in [0.05, 0.1) is 6.61 Å². The van der Waals surface area contributed by atoms with Crippen LogP contribution < -0.4 is 0 Å². The molecule has 0 spiro atoms. The number of hydrogen-bond acceptors (Lipinski definition) is 3. The minimum atomic E-state index is -0.455. The summed E-state index contributed by atoms with van der Waals surface area (Å²) in [5, 5.41) is 0.442. The fourth-order valence-electron chi connectivity index (χ4n) is 1.60. The summed E-state index contributed by atoms with van der Waals surface area (Å²) in [6.07, 6.45) is 1.55. The number of esters is 1. The maximum Gasteiger partial charge on any atom is 0.325 e. The van der Waals surface area contributed by atoms with Gasteiger partial charge in [-0.15, -0.1) is 6.58 Å². The number of ether oxygens (including phenoxy) is 1. The van der Waals surface area contributed by atoms with Crippen LogP contribution in [0.5, 0.6) is 0 Å². The molecule has 1 aromatic carbocycles. The van der Waals surface area contributed by atoms with E-state index in [-0.39, 0.29) is 25.6 Å². The Morgan fingerprint density at radius 2 is 2.15 bits per heavy atom. The maximum atomic E-state index is 12.4. The van der Waals surface area contributed by atoms with Crippen molar-refractivity contribution in [3.8, 4) is 0 Å². The highest BCUT2D eigenvalue weighted by molar-refractivity contribution is 9.10. The summed E-state index contributed by atoms with van der Waals surface area (Å²) in [6, 6.07) is 4.88. The van der Waals surface area contributed by atoms with Crippen LogP contribution in [-0.4, -0.2) is 36.5 Å². The van der Waals surface area contributed by atoms with E-state index >= 15 is 0 Å². The molecule has 0 atom stereocenters. The molecule has 0 aromatic heterocycles. The van der Waals surface area contributed by atoms with Crippen molar-refractivity contribution in [2.45, 2.75) is 6.92 Å². The van der Waals surface area contributed by atoms with E-state index in [0.717, 1.165) is 0 Å². The maximum absolute atomic E-state index is 12.4. The SMILES string of the molecule is C=CCN(CC(=O)OCC)C(=O)c1cc(Cl)cc(Br)c1. The van der Waals surface area contributed by atoms with Crippen LogP contribution in [0, 0.1) is 0 Å². The lowest BCUT2D eigenvalue weighted by Gasteiger charge is -2.20. The van der Waals surface area contributed by atoms with Gasteiger partial charge in [0, 0.05) is 21.6 Å². The van der Waals surface area contributed by atoms with Crippen molar-refractivity contribution >= 4 is 39.4 Å². The molecule has 0 heterocycles. The second kappa shape index (κ2) is 8.07. The molecular weight excluding hydrogens is 346 g/mol. The first-order valence-corrected chi connectivity index (χ1v) is 7.17. The minimum absolute atomic E-state index is 0.122. The lowest BCUT2D eigenvalue weighted by Crippen LogP contribution is -2.36. The third kappa shape index (κ3) is 4.98. The zero-order chi connectivity index (χ0) is 15.1. The minimum Gasteiger partial charge on any atom is -0.465 e. The van der Waals surface area contributed by atoms with Gasteiger partial charge in [0.15, 0.2) is 0 Å². The van der Waals surface area contributed by atoms with Crippen molar-refractivity contribution in [3.05, 3.63) is 45.9 Å². The predicted octanol–water partition coefficient (Wildman–Crippen LogP) is 3.29. The molecule has 6 heteroatoms. The van der Waals surface area contributed by atoms with E-state index in [1.165, 1.54) is 4.90 Å². The molecular formula is C14H15BrClNO3. The summed E-state index contributed by atoms with van der Waals surface area (Å²) in [4.78, 5) is 25.2. The zero-order valence-corrected chi connectivity index (χ0v) is 13.4. The lowest BCUT2D eigenvalue weighted by molar-refractivity contribution is -0.143. The van der Waals surface area contributed by atoms with Gasteiger partial charge in [0.2, 0.25) is 0 Å². The first-order chi connectivity index (χ1) is 9.47. The Labute approximate surface area is 131 Å². The average Bonchev–Trinajstić information content (AvgIpc) is 2.36. The molecule has 20 heavy (non-hydrogen) atoms. The lowest BCUT2D eigenvalue weighted by atomic mass is 10.2. The quantitative estimate of drug-likeness (QED) is 0.578. The molecule has 0 bridgehead atoms. The molecule has 0 aliphatic carbocycles. The summed E-state index contributed by atoms with van der Waals surface area (Å²) in [7, 11) is 0. The third-order valence-corrected chi connectivity index (χ3v) is 3.05. The first kappa shape index (κ1) is 16.7. The standard InChI is InChI=1S/C14H15BrClNO3/c1-3-5-17(9-13(18)20-4-2)14(19)10-6-11(15)8-12(16)7-10/h3,6-8H,1,4-5,9H2,2H3. The zero-order valence-electron chi connectivity index (χ0n) is 11.1. The third-order valence-electron chi connectivity index (χ3n) is 2.37. The summed E-state index contributed by atoms with van der Waals surface area (Å²) < 4.78 is 5.55. The smallest absolute Gasteiger partial charge is 0.325 e. The molecule has 0 fully saturated rings. The highest BCUT2D eigenvalue weighted by Crippen LogP contribution is 2.20. The topological polar surface area (TPSA) is 46.6 Å². The van der Waals surface area contributed by atoms with Crippen molar-refractivity contribution in [3.63, 3.8) is 0 Å². The van der Waals surface area contributed by atoms with E-state index in [1.54, 1.807) is 31.2 Å². The summed E-state index contributed by atoms with van der Waals surface area (Å²) in [5.41, 5.74) is 0.399. The van der Waals surface area contributed by atoms with Crippen LogP contribution in [0.15, 0.2) is 35.3 Å². The molecule has 0 aliphatic heterocycles. The van der Waals surface area contributed by atoms with E-state index < -0.39 is 5.97 Å². The molecule has 0 aliphatic rings. The van der Waals surface area contributed by atoms with Crippen LogP contribution in [0.2, 0.25) is 5.02 Å². The number of carbonyl (C=O) groups is 2. The second-order valence-corrected chi connectivity index (χ2v) is 5.29. The van der Waals surface area contributed by atoms with E-state index in [2.05, 4.69) is 22.5 Å². The Hall–Kier alpha value is -1.33. The summed E-state index contributed by atoms with van der Waals surface area (Å²) >= 11 is 9.20. The Balaban J connectivity index is 2.92. The number of amides is 1. The molecule has 4 nitrogen and oxygen atoms in total. The molecule has 0 unspecified atom stereocenters. The van der Waals surface area contributed by atoms with E-state index in [9.17, 15) is 9.59 Å². The molecule has 0 saturated carbocycles. The Morgan fingerprint density at radius 3 is 2.70 bits per heavy atom. The average molecular weight is 361 g/mol. The van der Waals surface area contributed by atoms with Crippen molar-refractivity contribution in [2.24, 2.45) is 0 Å². The predicted molar refractivity (Wildman–Crippen MR) is 81.9 cm³/mol. The van der Waals surface area contributed by atoms with Gasteiger partial charge < -0.3 is 9.64 Å². The van der Waals surface area contributed by atoms with Crippen LogP contribution in [0.4, 0.5) is 0 Å². The number of benzene rings is 1. The Morgan fingerprint density at radius 1 is 1.45 bits per heavy atom. The van der Waals surface area contributed by atoms with Crippen molar-refractivity contribution in [2.75, 3.05) is 19.7 Å². The van der Waals surface area contributed by atoms with Crippen LogP contribution in [0.3, 0.4) is 0 Å². The number of carbonyl (C=O) groups excluding carboxylic acids is 2. The van der Waals surface area contributed by atoms with Gasteiger partial charge in [-0.05, 0) is 25.1 Å². The van der Waals surface area contributed by atoms with Crippen molar-refractivity contribution < 1.29 is 14.3 Å². The second-order valence-electron chi connectivity index (χ2n) is 3.94. The van der Waals surface area contributed by atoms with Gasteiger partial charge in [-0.1, -0.05) is 33.6 Å². The van der Waals surface area contributed by atoms with Gasteiger partial charge >= 0.3 is 5.97 Å². The molecule has 1 aromatic rings. The fraction of sp³-hybridized carbons (Fsp3) is 0.286. The normalized spacial score (nSPS) is 9.95. The molecule has 108 valence electrons. The molecule has 1 rings (SSSR count). The first-order valence-electron chi connectivity index (χ1n) is 5.99. The van der Waals surface area contributed by atoms with Gasteiger partial charge in [-0.2, -0.15) is 0 Å². The summed E-state index contributed by atoms with van der Waals surface area (Å²) in [5.74, 6) is -0.759. The summed E-state index contributed by atoms with van der Waals surface area (Å²) in [6.45, 7) is 5.70. The van der Waals surface area contributed by atoms with Crippen molar-refractivity contribution in [1.82, 2.24) is 4.90 Å². The van der Waals surface area contributed by atoms with Gasteiger partial charge in [0.1, 0.15) is 6.54 Å². The Bertz CT molecular complexity index is 499. The van der Waals surface area contributed by atoms with Crippen LogP contribution in [0.1, 0.15) is 17.3 Å². The highest BCUT2D eigenvalue weighted by Gasteiger charge is 2.19. The van der Waals surface area contributed by atoms with Crippen LogP contribution in [-0.2, 0) is 9.53 Å². The molecule has 0 radical (unpaired) electrons. The van der Waals surface area contributed by atoms with Crippen molar-refractivity contribution in [1.29, 1.82) is 0 Å². The largest absolute Gasteiger partial charge is 0.465 e. The monoisotopic (exact) mass is 359 g/mol. The van der Waals surface area contributed by atoms with Gasteiger partial charge in [-0.3, -0.25) is 9.59 Å². The fourth-order valence-corrected chi connectivity index (χ4v) is 2.46. The number of rotatable bonds is 6. The number of halogens is 2.